The normalized spacial score (nSPS) is 10.5. The predicted molar refractivity (Wildman–Crippen MR) is 71.6 cm³/mol. The van der Waals surface area contributed by atoms with Crippen molar-refractivity contribution >= 4 is 28.2 Å². The molecule has 5 heteroatoms. The van der Waals surface area contributed by atoms with Crippen LogP contribution in [0.15, 0.2) is 24.4 Å². The average Bonchev–Trinajstić information content (AvgIpc) is 2.34. The van der Waals surface area contributed by atoms with Gasteiger partial charge in [-0.2, -0.15) is 0 Å². The lowest BCUT2D eigenvalue weighted by Gasteiger charge is -2.10. The van der Waals surface area contributed by atoms with Gasteiger partial charge in [0, 0.05) is 29.2 Å². The van der Waals surface area contributed by atoms with E-state index in [1.165, 1.54) is 0 Å². The summed E-state index contributed by atoms with van der Waals surface area (Å²) in [5.74, 6) is -0.168. The topological polar surface area (TPSA) is 88.2 Å². The number of nitrogens with zero attached hydrogens (tertiary/aromatic N) is 1. The quantitative estimate of drug-likeness (QED) is 0.717. The number of carbonyl (C=O) groups is 1. The third-order valence-corrected chi connectivity index (χ3v) is 2.84. The highest BCUT2D eigenvalue weighted by Crippen LogP contribution is 2.28. The van der Waals surface area contributed by atoms with Gasteiger partial charge in [0.25, 0.3) is 0 Å². The Morgan fingerprint density at radius 1 is 1.39 bits per heavy atom. The van der Waals surface area contributed by atoms with E-state index in [-0.39, 0.29) is 6.42 Å². The molecule has 0 atom stereocenters. The number of nitrogens with one attached hydrogen (secondary N) is 1. The SMILES string of the molecule is Cc1ccc2c(NCCC(=O)O)nccc2c1N. The van der Waals surface area contributed by atoms with E-state index >= 15 is 0 Å². The molecule has 4 N–H and O–H groups in total. The largest absolute Gasteiger partial charge is 0.481 e. The lowest BCUT2D eigenvalue weighted by Crippen LogP contribution is -2.09. The second kappa shape index (κ2) is 4.91. The lowest BCUT2D eigenvalue weighted by molar-refractivity contribution is -0.136. The minimum Gasteiger partial charge on any atom is -0.481 e. The van der Waals surface area contributed by atoms with Gasteiger partial charge in [-0.3, -0.25) is 4.79 Å². The fourth-order valence-corrected chi connectivity index (χ4v) is 1.82. The zero-order chi connectivity index (χ0) is 13.1. The molecule has 0 saturated heterocycles. The minimum absolute atomic E-state index is 0.0550. The maximum atomic E-state index is 10.5. The Kier molecular flexibility index (Phi) is 3.32. The number of nitrogen functional groups attached to an aromatic ring is 1. The van der Waals surface area contributed by atoms with E-state index in [4.69, 9.17) is 10.8 Å². The van der Waals surface area contributed by atoms with Crippen molar-refractivity contribution in [3.8, 4) is 0 Å². The van der Waals surface area contributed by atoms with Gasteiger partial charge in [-0.15, -0.1) is 0 Å². The molecular formula is C13H15N3O2. The summed E-state index contributed by atoms with van der Waals surface area (Å²) < 4.78 is 0. The molecule has 94 valence electrons. The maximum Gasteiger partial charge on any atom is 0.305 e. The summed E-state index contributed by atoms with van der Waals surface area (Å²) in [6.07, 6.45) is 1.72. The van der Waals surface area contributed by atoms with Gasteiger partial charge < -0.3 is 16.2 Å². The molecule has 0 fully saturated rings. The summed E-state index contributed by atoms with van der Waals surface area (Å²) in [4.78, 5) is 14.7. The van der Waals surface area contributed by atoms with Crippen LogP contribution in [0.1, 0.15) is 12.0 Å². The van der Waals surface area contributed by atoms with Gasteiger partial charge in [0.15, 0.2) is 0 Å². The van der Waals surface area contributed by atoms with E-state index in [0.29, 0.717) is 12.4 Å². The molecule has 5 nitrogen and oxygen atoms in total. The molecule has 0 radical (unpaired) electrons. The first-order valence-corrected chi connectivity index (χ1v) is 5.69. The Balaban J connectivity index is 2.34. The number of carboxylic acid groups (broad SMARTS) is 1. The van der Waals surface area contributed by atoms with Crippen LogP contribution in [0.4, 0.5) is 11.5 Å². The molecule has 0 bridgehead atoms. The minimum atomic E-state index is -0.835. The summed E-state index contributed by atoms with van der Waals surface area (Å²) in [5, 5.41) is 13.5. The summed E-state index contributed by atoms with van der Waals surface area (Å²) in [5.41, 5.74) is 7.77. The van der Waals surface area contributed by atoms with Crippen LogP contribution in [0, 0.1) is 6.92 Å². The fraction of sp³-hybridized carbons (Fsp3) is 0.231. The number of aryl methyl sites for hydroxylation is 1. The van der Waals surface area contributed by atoms with Crippen molar-refractivity contribution in [3.05, 3.63) is 30.0 Å². The molecule has 1 aromatic heterocycles. The van der Waals surface area contributed by atoms with E-state index in [1.54, 1.807) is 6.20 Å². The number of benzene rings is 1. The smallest absolute Gasteiger partial charge is 0.305 e. The molecule has 0 saturated carbocycles. The first-order chi connectivity index (χ1) is 8.59. The number of hydrogen-bond donors (Lipinski definition) is 3. The number of aliphatic carboxylic acids is 1. The molecular weight excluding hydrogens is 230 g/mol. The van der Waals surface area contributed by atoms with Crippen molar-refractivity contribution in [1.82, 2.24) is 4.98 Å². The number of rotatable bonds is 4. The highest BCUT2D eigenvalue weighted by Gasteiger charge is 2.06. The van der Waals surface area contributed by atoms with Gasteiger partial charge in [0.05, 0.1) is 6.42 Å². The molecule has 0 aliphatic rings. The molecule has 2 aromatic rings. The van der Waals surface area contributed by atoms with Crippen LogP contribution in [-0.2, 0) is 4.79 Å². The molecule has 2 rings (SSSR count). The van der Waals surface area contributed by atoms with Crippen molar-refractivity contribution < 1.29 is 9.90 Å². The number of carboxylic acids is 1. The van der Waals surface area contributed by atoms with Gasteiger partial charge in [-0.25, -0.2) is 4.98 Å². The van der Waals surface area contributed by atoms with Crippen LogP contribution in [0.3, 0.4) is 0 Å². The second-order valence-corrected chi connectivity index (χ2v) is 4.12. The van der Waals surface area contributed by atoms with Gasteiger partial charge in [-0.1, -0.05) is 12.1 Å². The molecule has 0 aliphatic heterocycles. The van der Waals surface area contributed by atoms with Crippen LogP contribution in [0.5, 0.6) is 0 Å². The summed E-state index contributed by atoms with van der Waals surface area (Å²) in [6.45, 7) is 2.29. The Hall–Kier alpha value is -2.30. The van der Waals surface area contributed by atoms with Crippen molar-refractivity contribution in [2.24, 2.45) is 0 Å². The van der Waals surface area contributed by atoms with Crippen molar-refractivity contribution in [1.29, 1.82) is 0 Å². The lowest BCUT2D eigenvalue weighted by atomic mass is 10.1. The number of nitrogens with two attached hydrogens (primary N) is 1. The van der Waals surface area contributed by atoms with Crippen molar-refractivity contribution in [2.75, 3.05) is 17.6 Å². The first-order valence-electron chi connectivity index (χ1n) is 5.69. The van der Waals surface area contributed by atoms with Crippen molar-refractivity contribution in [2.45, 2.75) is 13.3 Å². The van der Waals surface area contributed by atoms with E-state index in [0.717, 1.165) is 22.0 Å². The van der Waals surface area contributed by atoms with Crippen LogP contribution < -0.4 is 11.1 Å². The third kappa shape index (κ3) is 2.34. The highest BCUT2D eigenvalue weighted by molar-refractivity contribution is 6.00. The summed E-state index contributed by atoms with van der Waals surface area (Å²) >= 11 is 0. The Bertz CT molecular complexity index is 596. The number of pyridine rings is 1. The monoisotopic (exact) mass is 245 g/mol. The molecule has 0 unspecified atom stereocenters. The summed E-state index contributed by atoms with van der Waals surface area (Å²) in [7, 11) is 0. The second-order valence-electron chi connectivity index (χ2n) is 4.12. The Morgan fingerprint density at radius 2 is 2.17 bits per heavy atom. The van der Waals surface area contributed by atoms with Gasteiger partial charge >= 0.3 is 5.97 Å². The standard InChI is InChI=1S/C13H15N3O2/c1-8-2-3-10-9(12(8)14)4-6-15-13(10)16-7-5-11(17)18/h2-4,6H,5,7,14H2,1H3,(H,15,16)(H,17,18). The molecule has 0 aliphatic carbocycles. The highest BCUT2D eigenvalue weighted by atomic mass is 16.4. The first kappa shape index (κ1) is 12.2. The summed E-state index contributed by atoms with van der Waals surface area (Å²) in [6, 6.07) is 5.74. The van der Waals surface area contributed by atoms with Gasteiger partial charge in [-0.05, 0) is 18.6 Å². The maximum absolute atomic E-state index is 10.5. The fourth-order valence-electron chi connectivity index (χ4n) is 1.82. The predicted octanol–water partition coefficient (Wildman–Crippen LogP) is 2.01. The third-order valence-electron chi connectivity index (χ3n) is 2.84. The molecule has 1 aromatic carbocycles. The van der Waals surface area contributed by atoms with Crippen LogP contribution in [-0.4, -0.2) is 22.6 Å². The average molecular weight is 245 g/mol. The van der Waals surface area contributed by atoms with Crippen LogP contribution in [0.2, 0.25) is 0 Å². The molecule has 18 heavy (non-hydrogen) atoms. The Morgan fingerprint density at radius 3 is 2.89 bits per heavy atom. The number of hydrogen-bond acceptors (Lipinski definition) is 4. The van der Waals surface area contributed by atoms with Gasteiger partial charge in [0.2, 0.25) is 0 Å². The van der Waals surface area contributed by atoms with Crippen LogP contribution >= 0.6 is 0 Å². The van der Waals surface area contributed by atoms with Gasteiger partial charge in [0.1, 0.15) is 5.82 Å². The Labute approximate surface area is 105 Å². The van der Waals surface area contributed by atoms with Crippen LogP contribution in [0.25, 0.3) is 10.8 Å². The number of anilines is 2. The zero-order valence-corrected chi connectivity index (χ0v) is 10.1. The molecule has 0 amide bonds. The van der Waals surface area contributed by atoms with E-state index in [9.17, 15) is 4.79 Å². The van der Waals surface area contributed by atoms with E-state index < -0.39 is 5.97 Å². The van der Waals surface area contributed by atoms with Crippen molar-refractivity contribution in [3.63, 3.8) is 0 Å². The molecule has 0 spiro atoms. The number of aromatic nitrogens is 1. The number of fused-ring (bicyclic) bond motifs is 1. The molecule has 1 heterocycles. The zero-order valence-electron chi connectivity index (χ0n) is 10.1. The van der Waals surface area contributed by atoms with E-state index in [2.05, 4.69) is 10.3 Å². The van der Waals surface area contributed by atoms with E-state index in [1.807, 2.05) is 25.1 Å².